The highest BCUT2D eigenvalue weighted by atomic mass is 79.9. The molecule has 7 nitrogen and oxygen atoms in total. The van der Waals surface area contributed by atoms with Crippen molar-refractivity contribution in [3.05, 3.63) is 52.9 Å². The average Bonchev–Trinajstić information content (AvgIpc) is 3.40. The Morgan fingerprint density at radius 3 is 2.71 bits per heavy atom. The fourth-order valence-electron chi connectivity index (χ4n) is 4.18. The van der Waals surface area contributed by atoms with E-state index < -0.39 is 12.1 Å². The predicted molar refractivity (Wildman–Crippen MR) is 123 cm³/mol. The standard InChI is InChI=1S/C23H25BrN4O3/c1-13(2)20(27-23(30)31)22(29)28-9-3-4-19(28)21-25-12-18(26-21)16-6-5-15-11-17(24)8-7-14(15)10-16/h5-8,10-13,19-20,27H,3-4,9H2,1-2H3,(H,25,26)(H,30,31). The Hall–Kier alpha value is -2.87. The number of benzene rings is 2. The van der Waals surface area contributed by atoms with Crippen molar-refractivity contribution in [2.45, 2.75) is 38.8 Å². The number of fused-ring (bicyclic) bond motifs is 1. The number of halogens is 1. The van der Waals surface area contributed by atoms with Crippen LogP contribution in [0.2, 0.25) is 0 Å². The van der Waals surface area contributed by atoms with Gasteiger partial charge in [-0.2, -0.15) is 0 Å². The number of carboxylic acid groups (broad SMARTS) is 1. The smallest absolute Gasteiger partial charge is 0.405 e. The number of carbonyl (C=O) groups excluding carboxylic acids is 1. The highest BCUT2D eigenvalue weighted by molar-refractivity contribution is 9.10. The van der Waals surface area contributed by atoms with Gasteiger partial charge in [-0.1, -0.05) is 48.0 Å². The summed E-state index contributed by atoms with van der Waals surface area (Å²) in [6.07, 6.45) is 2.26. The number of aromatic amines is 1. The third-order valence-electron chi connectivity index (χ3n) is 5.77. The molecule has 1 saturated heterocycles. The number of carbonyl (C=O) groups is 2. The monoisotopic (exact) mass is 484 g/mol. The summed E-state index contributed by atoms with van der Waals surface area (Å²) in [7, 11) is 0. The van der Waals surface area contributed by atoms with Crippen LogP contribution >= 0.6 is 15.9 Å². The maximum absolute atomic E-state index is 13.1. The van der Waals surface area contributed by atoms with Crippen LogP contribution in [-0.4, -0.2) is 44.6 Å². The molecule has 0 spiro atoms. The van der Waals surface area contributed by atoms with Gasteiger partial charge in [-0.3, -0.25) is 4.79 Å². The van der Waals surface area contributed by atoms with E-state index in [1.54, 1.807) is 11.1 Å². The van der Waals surface area contributed by atoms with E-state index in [0.717, 1.165) is 45.2 Å². The van der Waals surface area contributed by atoms with Crippen molar-refractivity contribution in [2.75, 3.05) is 6.54 Å². The maximum atomic E-state index is 13.1. The van der Waals surface area contributed by atoms with Gasteiger partial charge in [0.25, 0.3) is 0 Å². The lowest BCUT2D eigenvalue weighted by atomic mass is 10.0. The SMILES string of the molecule is CC(C)C(NC(=O)O)C(=O)N1CCCC1c1ncc(-c2ccc3cc(Br)ccc3c2)[nH]1. The number of likely N-dealkylation sites (tertiary alicyclic amines) is 1. The van der Waals surface area contributed by atoms with E-state index in [1.807, 2.05) is 19.9 Å². The second kappa shape index (κ2) is 8.70. The van der Waals surface area contributed by atoms with Crippen molar-refractivity contribution in [1.29, 1.82) is 0 Å². The van der Waals surface area contributed by atoms with Crippen molar-refractivity contribution >= 4 is 38.7 Å². The summed E-state index contributed by atoms with van der Waals surface area (Å²) in [4.78, 5) is 34.0. The Morgan fingerprint density at radius 2 is 1.97 bits per heavy atom. The van der Waals surface area contributed by atoms with Gasteiger partial charge in [-0.15, -0.1) is 0 Å². The summed E-state index contributed by atoms with van der Waals surface area (Å²) < 4.78 is 1.04. The third-order valence-corrected chi connectivity index (χ3v) is 6.27. The van der Waals surface area contributed by atoms with Gasteiger partial charge in [-0.05, 0) is 47.7 Å². The zero-order chi connectivity index (χ0) is 22.1. The van der Waals surface area contributed by atoms with E-state index in [0.29, 0.717) is 6.54 Å². The number of nitrogens with one attached hydrogen (secondary N) is 2. The molecule has 0 saturated carbocycles. The van der Waals surface area contributed by atoms with Gasteiger partial charge in [-0.25, -0.2) is 9.78 Å². The van der Waals surface area contributed by atoms with Crippen molar-refractivity contribution in [3.63, 3.8) is 0 Å². The number of imidazole rings is 1. The van der Waals surface area contributed by atoms with E-state index in [9.17, 15) is 9.59 Å². The van der Waals surface area contributed by atoms with Crippen molar-refractivity contribution in [3.8, 4) is 11.3 Å². The zero-order valence-corrected chi connectivity index (χ0v) is 19.0. The van der Waals surface area contributed by atoms with Gasteiger partial charge in [0.05, 0.1) is 17.9 Å². The Balaban J connectivity index is 1.58. The number of aromatic nitrogens is 2. The first kappa shape index (κ1) is 21.4. The minimum atomic E-state index is -1.19. The first-order valence-corrected chi connectivity index (χ1v) is 11.2. The molecule has 1 fully saturated rings. The molecule has 0 aliphatic carbocycles. The molecule has 8 heteroatoms. The molecule has 162 valence electrons. The van der Waals surface area contributed by atoms with E-state index in [-0.39, 0.29) is 17.9 Å². The van der Waals surface area contributed by atoms with Crippen LogP contribution in [0.1, 0.15) is 38.6 Å². The lowest BCUT2D eigenvalue weighted by molar-refractivity contribution is -0.135. The van der Waals surface area contributed by atoms with Crippen LogP contribution in [0.15, 0.2) is 47.1 Å². The van der Waals surface area contributed by atoms with E-state index in [2.05, 4.69) is 61.5 Å². The summed E-state index contributed by atoms with van der Waals surface area (Å²) >= 11 is 3.50. The van der Waals surface area contributed by atoms with Crippen molar-refractivity contribution in [2.24, 2.45) is 5.92 Å². The quantitative estimate of drug-likeness (QED) is 0.477. The first-order chi connectivity index (χ1) is 14.8. The van der Waals surface area contributed by atoms with Crippen LogP contribution in [-0.2, 0) is 4.79 Å². The molecule has 2 heterocycles. The van der Waals surface area contributed by atoms with E-state index >= 15 is 0 Å². The fraction of sp³-hybridized carbons (Fsp3) is 0.348. The van der Waals surface area contributed by atoms with Crippen LogP contribution < -0.4 is 5.32 Å². The molecule has 4 rings (SSSR count). The molecule has 1 aromatic heterocycles. The summed E-state index contributed by atoms with van der Waals surface area (Å²) in [5, 5.41) is 13.8. The number of H-pyrrole nitrogens is 1. The zero-order valence-electron chi connectivity index (χ0n) is 17.4. The fourth-order valence-corrected chi connectivity index (χ4v) is 4.56. The van der Waals surface area contributed by atoms with Crippen LogP contribution in [0.3, 0.4) is 0 Å². The van der Waals surface area contributed by atoms with Crippen LogP contribution in [0.25, 0.3) is 22.0 Å². The predicted octanol–water partition coefficient (Wildman–Crippen LogP) is 4.95. The largest absolute Gasteiger partial charge is 0.465 e. The van der Waals surface area contributed by atoms with Crippen LogP contribution in [0.4, 0.5) is 4.79 Å². The normalized spacial score (nSPS) is 17.3. The van der Waals surface area contributed by atoms with Crippen LogP contribution in [0.5, 0.6) is 0 Å². The maximum Gasteiger partial charge on any atom is 0.405 e. The molecule has 2 aromatic carbocycles. The number of hydrogen-bond donors (Lipinski definition) is 3. The van der Waals surface area contributed by atoms with Gasteiger partial charge in [0, 0.05) is 16.6 Å². The number of hydrogen-bond acceptors (Lipinski definition) is 3. The summed E-state index contributed by atoms with van der Waals surface area (Å²) in [6.45, 7) is 4.27. The molecule has 2 unspecified atom stereocenters. The van der Waals surface area contributed by atoms with Gasteiger partial charge in [0.1, 0.15) is 11.9 Å². The Bertz CT molecular complexity index is 1130. The Kier molecular flexibility index (Phi) is 6.00. The molecular formula is C23H25BrN4O3. The molecule has 2 atom stereocenters. The van der Waals surface area contributed by atoms with Gasteiger partial charge >= 0.3 is 6.09 Å². The number of nitrogens with zero attached hydrogens (tertiary/aromatic N) is 2. The molecule has 3 N–H and O–H groups in total. The number of amides is 2. The lowest BCUT2D eigenvalue weighted by Gasteiger charge is -2.29. The minimum absolute atomic E-state index is 0.144. The van der Waals surface area contributed by atoms with Crippen LogP contribution in [0, 0.1) is 5.92 Å². The van der Waals surface area contributed by atoms with E-state index in [4.69, 9.17) is 5.11 Å². The Morgan fingerprint density at radius 1 is 1.23 bits per heavy atom. The number of rotatable bonds is 5. The second-order valence-corrected chi connectivity index (χ2v) is 9.16. The molecule has 0 bridgehead atoms. The highest BCUT2D eigenvalue weighted by Gasteiger charge is 2.37. The van der Waals surface area contributed by atoms with Gasteiger partial charge < -0.3 is 20.3 Å². The summed E-state index contributed by atoms with van der Waals surface area (Å²) in [5.41, 5.74) is 1.92. The first-order valence-electron chi connectivity index (χ1n) is 10.4. The third kappa shape index (κ3) is 4.44. The summed E-state index contributed by atoms with van der Waals surface area (Å²) in [5.74, 6) is 0.387. The average molecular weight is 485 g/mol. The van der Waals surface area contributed by atoms with Gasteiger partial charge in [0.2, 0.25) is 5.91 Å². The molecule has 3 aromatic rings. The molecule has 31 heavy (non-hydrogen) atoms. The van der Waals surface area contributed by atoms with Crippen molar-refractivity contribution in [1.82, 2.24) is 20.2 Å². The van der Waals surface area contributed by atoms with Crippen molar-refractivity contribution < 1.29 is 14.7 Å². The Labute approximate surface area is 189 Å². The molecule has 0 radical (unpaired) electrons. The van der Waals surface area contributed by atoms with E-state index in [1.165, 1.54) is 0 Å². The molecular weight excluding hydrogens is 460 g/mol. The lowest BCUT2D eigenvalue weighted by Crippen LogP contribution is -2.50. The molecule has 1 aliphatic heterocycles. The second-order valence-electron chi connectivity index (χ2n) is 8.25. The molecule has 2 amide bonds. The minimum Gasteiger partial charge on any atom is -0.465 e. The highest BCUT2D eigenvalue weighted by Crippen LogP contribution is 2.33. The summed E-state index contributed by atoms with van der Waals surface area (Å²) in [6, 6.07) is 11.4. The topological polar surface area (TPSA) is 98.3 Å². The van der Waals surface area contributed by atoms with Gasteiger partial charge in [0.15, 0.2) is 0 Å². The molecule has 1 aliphatic rings.